The Morgan fingerprint density at radius 2 is 1.80 bits per heavy atom. The van der Waals surface area contributed by atoms with Gasteiger partial charge in [0.1, 0.15) is 5.82 Å². The fourth-order valence-corrected chi connectivity index (χ4v) is 3.11. The van der Waals surface area contributed by atoms with Gasteiger partial charge in [0.25, 0.3) is 5.91 Å². The molecular weight excluding hydrogens is 398 g/mol. The maximum absolute atomic E-state index is 12.5. The maximum Gasteiger partial charge on any atom is 0.271 e. The normalized spacial score (nSPS) is 11.2. The lowest BCUT2D eigenvalue weighted by Crippen LogP contribution is -2.17. The lowest BCUT2D eigenvalue weighted by atomic mass is 10.2. The van der Waals surface area contributed by atoms with Crippen molar-refractivity contribution >= 4 is 40.4 Å². The smallest absolute Gasteiger partial charge is 0.271 e. The van der Waals surface area contributed by atoms with Crippen molar-refractivity contribution < 1.29 is 4.79 Å². The van der Waals surface area contributed by atoms with Crippen molar-refractivity contribution in [1.82, 2.24) is 15.4 Å². The van der Waals surface area contributed by atoms with Gasteiger partial charge < -0.3 is 9.88 Å². The summed E-state index contributed by atoms with van der Waals surface area (Å²) in [6.07, 6.45) is 1.62. The summed E-state index contributed by atoms with van der Waals surface area (Å²) in [4.78, 5) is 22.3. The van der Waals surface area contributed by atoms with Crippen molar-refractivity contribution in [3.8, 4) is 11.4 Å². The van der Waals surface area contributed by atoms with Gasteiger partial charge in [-0.2, -0.15) is 5.10 Å². The number of carbonyl (C=O) groups excluding carboxylic acids is 1. The van der Waals surface area contributed by atoms with Gasteiger partial charge in [-0.05, 0) is 60.2 Å². The third kappa shape index (κ3) is 4.34. The predicted octanol–water partition coefficient (Wildman–Crippen LogP) is 4.71. The Kier molecular flexibility index (Phi) is 5.50. The minimum absolute atomic E-state index is 0.291. The second-order valence-corrected chi connectivity index (χ2v) is 7.45. The fraction of sp³-hybridized carbons (Fsp3) is 0.0870. The summed E-state index contributed by atoms with van der Waals surface area (Å²) in [5, 5.41) is 4.73. The molecular formula is C23H20ClN5O. The third-order valence-corrected chi connectivity index (χ3v) is 4.90. The largest absolute Gasteiger partial charge is 0.378 e. The molecule has 0 unspecified atom stereocenters. The van der Waals surface area contributed by atoms with Crippen LogP contribution in [0.5, 0.6) is 0 Å². The van der Waals surface area contributed by atoms with E-state index in [4.69, 9.17) is 11.6 Å². The highest BCUT2D eigenvalue weighted by Gasteiger charge is 2.09. The Balaban J connectivity index is 1.47. The van der Waals surface area contributed by atoms with Gasteiger partial charge in [-0.15, -0.1) is 0 Å². The number of fused-ring (bicyclic) bond motifs is 1. The summed E-state index contributed by atoms with van der Waals surface area (Å²) in [7, 11) is 3.97. The zero-order chi connectivity index (χ0) is 21.1. The van der Waals surface area contributed by atoms with Crippen LogP contribution in [0.25, 0.3) is 22.4 Å². The summed E-state index contributed by atoms with van der Waals surface area (Å²) < 4.78 is 0. The number of carbonyl (C=O) groups is 1. The number of aromatic amines is 1. The SMILES string of the molecule is CN(C)c1ccc(/C=N\NC(=O)c2ccc3nc(-c4ccc(Cl)cc4)[nH]c3c2)cc1. The molecule has 0 aliphatic carbocycles. The number of imidazole rings is 1. The zero-order valence-corrected chi connectivity index (χ0v) is 17.3. The summed E-state index contributed by atoms with van der Waals surface area (Å²) in [6, 6.07) is 20.6. The van der Waals surface area contributed by atoms with Crippen LogP contribution in [0.3, 0.4) is 0 Å². The number of nitrogens with one attached hydrogen (secondary N) is 2. The van der Waals surface area contributed by atoms with Crippen molar-refractivity contribution in [2.24, 2.45) is 5.10 Å². The van der Waals surface area contributed by atoms with Crippen molar-refractivity contribution in [2.45, 2.75) is 0 Å². The second kappa shape index (κ2) is 8.39. The van der Waals surface area contributed by atoms with Crippen LogP contribution in [0.1, 0.15) is 15.9 Å². The van der Waals surface area contributed by atoms with Gasteiger partial charge in [0.05, 0.1) is 17.2 Å². The number of benzene rings is 3. The van der Waals surface area contributed by atoms with Crippen LogP contribution in [0.15, 0.2) is 71.8 Å². The van der Waals surface area contributed by atoms with Gasteiger partial charge in [0.2, 0.25) is 0 Å². The van der Waals surface area contributed by atoms with Gasteiger partial charge in [-0.1, -0.05) is 23.7 Å². The maximum atomic E-state index is 12.5. The molecule has 30 heavy (non-hydrogen) atoms. The van der Waals surface area contributed by atoms with Gasteiger partial charge in [-0.25, -0.2) is 10.4 Å². The first-order valence-corrected chi connectivity index (χ1v) is 9.74. The number of anilines is 1. The van der Waals surface area contributed by atoms with E-state index in [9.17, 15) is 4.79 Å². The second-order valence-electron chi connectivity index (χ2n) is 7.01. The van der Waals surface area contributed by atoms with E-state index in [2.05, 4.69) is 20.5 Å². The average molecular weight is 418 g/mol. The van der Waals surface area contributed by atoms with Gasteiger partial charge in [0.15, 0.2) is 0 Å². The Labute approximate surface area is 179 Å². The molecule has 0 fully saturated rings. The van der Waals surface area contributed by atoms with E-state index in [1.807, 2.05) is 73.6 Å². The molecule has 4 aromatic rings. The molecule has 1 heterocycles. The Hall–Kier alpha value is -3.64. The number of hydrogen-bond acceptors (Lipinski definition) is 4. The minimum Gasteiger partial charge on any atom is -0.378 e. The molecule has 1 aromatic heterocycles. The molecule has 0 aliphatic rings. The molecule has 0 atom stereocenters. The number of amides is 1. The highest BCUT2D eigenvalue weighted by molar-refractivity contribution is 6.30. The van der Waals surface area contributed by atoms with E-state index >= 15 is 0 Å². The number of nitrogens with zero attached hydrogens (tertiary/aromatic N) is 3. The van der Waals surface area contributed by atoms with Gasteiger partial charge in [0, 0.05) is 35.9 Å². The number of halogens is 1. The molecule has 0 saturated heterocycles. The first-order chi connectivity index (χ1) is 14.5. The number of H-pyrrole nitrogens is 1. The summed E-state index contributed by atoms with van der Waals surface area (Å²) in [5.74, 6) is 0.430. The molecule has 3 aromatic carbocycles. The van der Waals surface area contributed by atoms with E-state index in [0.717, 1.165) is 33.7 Å². The Morgan fingerprint density at radius 1 is 1.07 bits per heavy atom. The molecule has 0 saturated carbocycles. The molecule has 150 valence electrons. The molecule has 0 aliphatic heterocycles. The van der Waals surface area contributed by atoms with Crippen LogP contribution in [-0.4, -0.2) is 36.2 Å². The number of hydrogen-bond donors (Lipinski definition) is 2. The Bertz CT molecular complexity index is 1210. The number of aromatic nitrogens is 2. The molecule has 0 bridgehead atoms. The zero-order valence-electron chi connectivity index (χ0n) is 16.6. The molecule has 7 heteroatoms. The lowest BCUT2D eigenvalue weighted by molar-refractivity contribution is 0.0955. The summed E-state index contributed by atoms with van der Waals surface area (Å²) in [5.41, 5.74) is 7.53. The van der Waals surface area contributed by atoms with Crippen molar-refractivity contribution in [3.05, 3.63) is 82.9 Å². The average Bonchev–Trinajstić information content (AvgIpc) is 3.18. The third-order valence-electron chi connectivity index (χ3n) is 4.65. The topological polar surface area (TPSA) is 73.4 Å². The standard InChI is InChI=1S/C23H20ClN5O/c1-29(2)19-10-3-15(4-11-19)14-25-28-23(30)17-7-12-20-21(13-17)27-22(26-20)16-5-8-18(24)9-6-16/h3-14H,1-2H3,(H,26,27)(H,28,30)/b25-14-. The van der Waals surface area contributed by atoms with E-state index in [-0.39, 0.29) is 5.91 Å². The van der Waals surface area contributed by atoms with Gasteiger partial charge in [-0.3, -0.25) is 4.79 Å². The molecule has 0 radical (unpaired) electrons. The van der Waals surface area contributed by atoms with E-state index in [0.29, 0.717) is 10.6 Å². The van der Waals surface area contributed by atoms with Crippen molar-refractivity contribution in [1.29, 1.82) is 0 Å². The lowest BCUT2D eigenvalue weighted by Gasteiger charge is -2.11. The number of hydrazone groups is 1. The fourth-order valence-electron chi connectivity index (χ4n) is 2.98. The van der Waals surface area contributed by atoms with Crippen LogP contribution in [0.4, 0.5) is 5.69 Å². The van der Waals surface area contributed by atoms with Gasteiger partial charge >= 0.3 is 0 Å². The van der Waals surface area contributed by atoms with E-state index in [1.54, 1.807) is 18.3 Å². The molecule has 4 rings (SSSR count). The highest BCUT2D eigenvalue weighted by Crippen LogP contribution is 2.23. The first kappa shape index (κ1) is 19.7. The van der Waals surface area contributed by atoms with Crippen LogP contribution in [-0.2, 0) is 0 Å². The van der Waals surface area contributed by atoms with E-state index in [1.165, 1.54) is 0 Å². The molecule has 0 spiro atoms. The Morgan fingerprint density at radius 3 is 2.50 bits per heavy atom. The molecule has 2 N–H and O–H groups in total. The van der Waals surface area contributed by atoms with Crippen LogP contribution < -0.4 is 10.3 Å². The number of rotatable bonds is 5. The first-order valence-electron chi connectivity index (χ1n) is 9.36. The van der Waals surface area contributed by atoms with E-state index < -0.39 is 0 Å². The highest BCUT2D eigenvalue weighted by atomic mass is 35.5. The molecule has 1 amide bonds. The van der Waals surface area contributed by atoms with Crippen molar-refractivity contribution in [3.63, 3.8) is 0 Å². The van der Waals surface area contributed by atoms with Crippen LogP contribution >= 0.6 is 11.6 Å². The summed E-state index contributed by atoms with van der Waals surface area (Å²) >= 11 is 5.95. The van der Waals surface area contributed by atoms with Crippen LogP contribution in [0.2, 0.25) is 5.02 Å². The van der Waals surface area contributed by atoms with Crippen molar-refractivity contribution in [2.75, 3.05) is 19.0 Å². The predicted molar refractivity (Wildman–Crippen MR) is 122 cm³/mol. The minimum atomic E-state index is -0.291. The monoisotopic (exact) mass is 417 g/mol. The quantitative estimate of drug-likeness (QED) is 0.364. The molecule has 6 nitrogen and oxygen atoms in total. The van der Waals surface area contributed by atoms with Crippen LogP contribution in [0, 0.1) is 0 Å². The summed E-state index contributed by atoms with van der Waals surface area (Å²) in [6.45, 7) is 0.